The highest BCUT2D eigenvalue weighted by molar-refractivity contribution is 8.77. The van der Waals surface area contributed by atoms with Gasteiger partial charge in [0, 0.05) is 0 Å². The van der Waals surface area contributed by atoms with E-state index in [9.17, 15) is 10.2 Å². The molecule has 0 bridgehead atoms. The summed E-state index contributed by atoms with van der Waals surface area (Å²) in [5, 5.41) is 19.5. The molecule has 2 unspecified atom stereocenters. The van der Waals surface area contributed by atoms with E-state index < -0.39 is 12.2 Å². The summed E-state index contributed by atoms with van der Waals surface area (Å²) in [6, 6.07) is 0. The minimum absolute atomic E-state index is 0.329. The number of aliphatic hydroxyl groups is 2. The second kappa shape index (κ2) is 6.15. The molecule has 0 aromatic heterocycles. The molecule has 0 aliphatic rings. The minimum Gasteiger partial charge on any atom is -0.388 e. The van der Waals surface area contributed by atoms with Crippen LogP contribution < -0.4 is 0 Å². The molecule has 2 nitrogen and oxygen atoms in total. The van der Waals surface area contributed by atoms with E-state index in [0.717, 1.165) is 0 Å². The van der Waals surface area contributed by atoms with Gasteiger partial charge in [-0.05, 0) is 27.7 Å². The molecule has 94 valence electrons. The third kappa shape index (κ3) is 4.53. The van der Waals surface area contributed by atoms with Crippen LogP contribution in [0, 0.1) is 0 Å². The molecule has 0 heterocycles. The highest BCUT2D eigenvalue weighted by Crippen LogP contribution is 2.46. The molecule has 2 atom stereocenters. The van der Waals surface area contributed by atoms with Crippen molar-refractivity contribution in [2.45, 2.75) is 49.4 Å². The third-order valence-corrected chi connectivity index (χ3v) is 6.60. The predicted octanol–water partition coefficient (Wildman–Crippen LogP) is 3.02. The number of hydrogen-bond donors (Lipinski definition) is 2. The Kier molecular flexibility index (Phi) is 6.18. The van der Waals surface area contributed by atoms with Crippen molar-refractivity contribution in [2.75, 3.05) is 0 Å². The van der Waals surface area contributed by atoms with Crippen LogP contribution in [0.5, 0.6) is 0 Å². The van der Waals surface area contributed by atoms with E-state index >= 15 is 0 Å². The fourth-order valence-corrected chi connectivity index (χ4v) is 3.58. The monoisotopic (exact) mass is 262 g/mol. The number of aliphatic hydroxyl groups excluding tert-OH is 2. The lowest BCUT2D eigenvalue weighted by atomic mass is 10.1. The lowest BCUT2D eigenvalue weighted by molar-refractivity contribution is 0.188. The Labute approximate surface area is 107 Å². The number of hydrogen-bond acceptors (Lipinski definition) is 4. The lowest BCUT2D eigenvalue weighted by Crippen LogP contribution is -2.34. The van der Waals surface area contributed by atoms with Crippen molar-refractivity contribution < 1.29 is 10.2 Å². The van der Waals surface area contributed by atoms with Crippen LogP contribution in [0.3, 0.4) is 0 Å². The first kappa shape index (κ1) is 16.1. The second-order valence-electron chi connectivity index (χ2n) is 4.73. The zero-order chi connectivity index (χ0) is 13.0. The summed E-state index contributed by atoms with van der Waals surface area (Å²) in [6.45, 7) is 15.0. The van der Waals surface area contributed by atoms with Gasteiger partial charge in [-0.2, -0.15) is 0 Å². The summed E-state index contributed by atoms with van der Waals surface area (Å²) >= 11 is 0. The fraction of sp³-hybridized carbons (Fsp3) is 0.667. The molecule has 0 fully saturated rings. The maximum atomic E-state index is 9.74. The number of rotatable bonds is 7. The average molecular weight is 262 g/mol. The fourth-order valence-electron chi connectivity index (χ4n) is 0.881. The van der Waals surface area contributed by atoms with Crippen LogP contribution >= 0.6 is 21.6 Å². The van der Waals surface area contributed by atoms with E-state index in [1.165, 1.54) is 12.2 Å². The topological polar surface area (TPSA) is 40.5 Å². The Hall–Kier alpha value is 0.100. The summed E-state index contributed by atoms with van der Waals surface area (Å²) in [4.78, 5) is 0. The molecule has 0 rings (SSSR count). The van der Waals surface area contributed by atoms with Crippen molar-refractivity contribution in [3.8, 4) is 0 Å². The molecule has 0 aliphatic heterocycles. The van der Waals surface area contributed by atoms with Crippen LogP contribution in [0.15, 0.2) is 25.3 Å². The molecule has 2 N–H and O–H groups in total. The van der Waals surface area contributed by atoms with Crippen molar-refractivity contribution in [3.05, 3.63) is 25.3 Å². The van der Waals surface area contributed by atoms with Gasteiger partial charge in [0.2, 0.25) is 0 Å². The zero-order valence-corrected chi connectivity index (χ0v) is 12.1. The van der Waals surface area contributed by atoms with E-state index in [2.05, 4.69) is 13.2 Å². The Balaban J connectivity index is 4.43. The first-order chi connectivity index (χ1) is 7.17. The lowest BCUT2D eigenvalue weighted by Gasteiger charge is -2.33. The highest BCUT2D eigenvalue weighted by atomic mass is 33.1. The average Bonchev–Trinajstić information content (AvgIpc) is 2.24. The van der Waals surface area contributed by atoms with Crippen LogP contribution in [0.2, 0.25) is 0 Å². The smallest absolute Gasteiger partial charge is 0.0867 e. The van der Waals surface area contributed by atoms with Crippen molar-refractivity contribution >= 4 is 21.6 Å². The molecular formula is C12H22O2S2. The maximum absolute atomic E-state index is 9.74. The molecular weight excluding hydrogens is 240 g/mol. The molecule has 0 spiro atoms. The maximum Gasteiger partial charge on any atom is 0.0867 e. The van der Waals surface area contributed by atoms with Crippen molar-refractivity contribution in [3.63, 3.8) is 0 Å². The van der Waals surface area contributed by atoms with Gasteiger partial charge < -0.3 is 10.2 Å². The van der Waals surface area contributed by atoms with Gasteiger partial charge in [-0.1, -0.05) is 33.7 Å². The van der Waals surface area contributed by atoms with Gasteiger partial charge in [-0.3, -0.25) is 0 Å². The Bertz CT molecular complexity index is 223. The van der Waals surface area contributed by atoms with Gasteiger partial charge in [0.1, 0.15) is 0 Å². The molecule has 4 heteroatoms. The Morgan fingerprint density at radius 3 is 1.31 bits per heavy atom. The van der Waals surface area contributed by atoms with Crippen molar-refractivity contribution in [1.29, 1.82) is 0 Å². The van der Waals surface area contributed by atoms with E-state index in [1.807, 2.05) is 27.7 Å². The third-order valence-electron chi connectivity index (χ3n) is 2.34. The van der Waals surface area contributed by atoms with Gasteiger partial charge in [0.15, 0.2) is 0 Å². The van der Waals surface area contributed by atoms with Gasteiger partial charge in [-0.15, -0.1) is 13.2 Å². The molecule has 16 heavy (non-hydrogen) atoms. The van der Waals surface area contributed by atoms with Crippen molar-refractivity contribution in [1.82, 2.24) is 0 Å². The molecule has 0 saturated heterocycles. The van der Waals surface area contributed by atoms with E-state index in [4.69, 9.17) is 0 Å². The molecule has 0 aromatic carbocycles. The Morgan fingerprint density at radius 2 is 1.12 bits per heavy atom. The molecule has 0 amide bonds. The van der Waals surface area contributed by atoms with Gasteiger partial charge >= 0.3 is 0 Å². The second-order valence-corrected chi connectivity index (χ2v) is 8.17. The van der Waals surface area contributed by atoms with Crippen LogP contribution in [0.1, 0.15) is 27.7 Å². The predicted molar refractivity (Wildman–Crippen MR) is 75.7 cm³/mol. The first-order valence-electron chi connectivity index (χ1n) is 5.15. The van der Waals surface area contributed by atoms with E-state index in [1.54, 1.807) is 21.6 Å². The van der Waals surface area contributed by atoms with Crippen LogP contribution in [0.25, 0.3) is 0 Å². The van der Waals surface area contributed by atoms with E-state index in [0.29, 0.717) is 0 Å². The highest BCUT2D eigenvalue weighted by Gasteiger charge is 2.33. The SMILES string of the molecule is C=CC(O)C(C)(C)SSC(C)(C)C(O)C=C. The largest absolute Gasteiger partial charge is 0.388 e. The van der Waals surface area contributed by atoms with Gasteiger partial charge in [-0.25, -0.2) is 0 Å². The zero-order valence-electron chi connectivity index (χ0n) is 10.4. The molecule has 0 aromatic rings. The summed E-state index contributed by atoms with van der Waals surface area (Å²) in [7, 11) is 3.10. The summed E-state index contributed by atoms with van der Waals surface area (Å²) in [5.41, 5.74) is 0. The normalized spacial score (nSPS) is 16.6. The van der Waals surface area contributed by atoms with Gasteiger partial charge in [0.05, 0.1) is 21.7 Å². The first-order valence-corrected chi connectivity index (χ1v) is 7.30. The van der Waals surface area contributed by atoms with Crippen molar-refractivity contribution in [2.24, 2.45) is 0 Å². The quantitative estimate of drug-likeness (QED) is 0.546. The van der Waals surface area contributed by atoms with Crippen LogP contribution in [0.4, 0.5) is 0 Å². The summed E-state index contributed by atoms with van der Waals surface area (Å²) < 4.78 is -0.658. The van der Waals surface area contributed by atoms with Crippen LogP contribution in [-0.2, 0) is 0 Å². The molecule has 0 radical (unpaired) electrons. The Morgan fingerprint density at radius 1 is 0.875 bits per heavy atom. The minimum atomic E-state index is -0.568. The summed E-state index contributed by atoms with van der Waals surface area (Å²) in [5.74, 6) is 0. The van der Waals surface area contributed by atoms with Crippen LogP contribution in [-0.4, -0.2) is 31.9 Å². The standard InChI is InChI=1S/C12H22O2S2/c1-7-9(13)11(3,4)15-16-12(5,6)10(14)8-2/h7-10,13-14H,1-2H2,3-6H3. The van der Waals surface area contributed by atoms with Gasteiger partial charge in [0.25, 0.3) is 0 Å². The summed E-state index contributed by atoms with van der Waals surface area (Å²) in [6.07, 6.45) is 1.93. The molecule has 0 saturated carbocycles. The van der Waals surface area contributed by atoms with E-state index in [-0.39, 0.29) is 9.49 Å². The molecule has 0 aliphatic carbocycles.